The van der Waals surface area contributed by atoms with Crippen molar-refractivity contribution in [2.24, 2.45) is 12.1 Å². The molecular formula is C22H28N6O2. The van der Waals surface area contributed by atoms with Gasteiger partial charge in [-0.2, -0.15) is 5.10 Å². The molecule has 3 aromatic rings. The predicted molar refractivity (Wildman–Crippen MR) is 119 cm³/mol. The summed E-state index contributed by atoms with van der Waals surface area (Å²) in [6.07, 6.45) is 0. The van der Waals surface area contributed by atoms with Gasteiger partial charge in [0.1, 0.15) is 17.9 Å². The average Bonchev–Trinajstić information content (AvgIpc) is 3.08. The summed E-state index contributed by atoms with van der Waals surface area (Å²) in [5, 5.41) is 4.58. The van der Waals surface area contributed by atoms with Crippen molar-refractivity contribution in [3.63, 3.8) is 0 Å². The minimum absolute atomic E-state index is 0.433. The van der Waals surface area contributed by atoms with Crippen molar-refractivity contribution in [1.82, 2.24) is 14.5 Å². The molecule has 1 saturated heterocycles. The number of morpholine rings is 1. The summed E-state index contributed by atoms with van der Waals surface area (Å²) in [6.45, 7) is 7.55. The van der Waals surface area contributed by atoms with Gasteiger partial charge in [-0.1, -0.05) is 29.8 Å². The van der Waals surface area contributed by atoms with Crippen LogP contribution in [0.15, 0.2) is 35.4 Å². The number of aromatic nitrogens is 3. The van der Waals surface area contributed by atoms with Gasteiger partial charge in [0.15, 0.2) is 11.5 Å². The van der Waals surface area contributed by atoms with Gasteiger partial charge in [-0.05, 0) is 19.4 Å². The van der Waals surface area contributed by atoms with E-state index in [9.17, 15) is 0 Å². The molecule has 1 aliphatic heterocycles. The number of imidazole rings is 1. The van der Waals surface area contributed by atoms with E-state index in [1.807, 2.05) is 30.7 Å². The van der Waals surface area contributed by atoms with Gasteiger partial charge in [-0.15, -0.1) is 0 Å². The number of nitrogens with one attached hydrogen (secondary N) is 1. The van der Waals surface area contributed by atoms with Crippen molar-refractivity contribution < 1.29 is 9.47 Å². The summed E-state index contributed by atoms with van der Waals surface area (Å²) in [5.41, 5.74) is 9.05. The summed E-state index contributed by atoms with van der Waals surface area (Å²) < 4.78 is 12.8. The van der Waals surface area contributed by atoms with E-state index < -0.39 is 0 Å². The number of pyridine rings is 1. The average molecular weight is 409 g/mol. The smallest absolute Gasteiger partial charge is 0.164 e. The molecule has 0 unspecified atom stereocenters. The van der Waals surface area contributed by atoms with E-state index in [1.54, 1.807) is 7.11 Å². The Labute approximate surface area is 176 Å². The number of rotatable bonds is 6. The third-order valence-corrected chi connectivity index (χ3v) is 5.30. The highest BCUT2D eigenvalue weighted by Gasteiger charge is 2.20. The Morgan fingerprint density at radius 2 is 2.03 bits per heavy atom. The number of ether oxygens (including phenoxy) is 2. The molecule has 0 saturated carbocycles. The zero-order valence-electron chi connectivity index (χ0n) is 18.0. The molecule has 8 heteroatoms. The van der Waals surface area contributed by atoms with Crippen molar-refractivity contribution in [3.8, 4) is 0 Å². The van der Waals surface area contributed by atoms with E-state index in [0.29, 0.717) is 25.6 Å². The van der Waals surface area contributed by atoms with Crippen LogP contribution in [0.4, 0.5) is 11.5 Å². The number of hydrazone groups is 1. The lowest BCUT2D eigenvalue weighted by Gasteiger charge is -2.29. The zero-order valence-corrected chi connectivity index (χ0v) is 18.0. The first-order valence-corrected chi connectivity index (χ1v) is 10.1. The van der Waals surface area contributed by atoms with Crippen LogP contribution in [-0.4, -0.2) is 53.7 Å². The topological polar surface area (TPSA) is 76.8 Å². The van der Waals surface area contributed by atoms with Gasteiger partial charge >= 0.3 is 0 Å². The molecule has 0 atom stereocenters. The summed E-state index contributed by atoms with van der Waals surface area (Å²) in [7, 11) is 3.64. The fourth-order valence-electron chi connectivity index (χ4n) is 3.62. The number of anilines is 2. The summed E-state index contributed by atoms with van der Waals surface area (Å²) >= 11 is 0. The van der Waals surface area contributed by atoms with Gasteiger partial charge in [-0.3, -0.25) is 5.43 Å². The third kappa shape index (κ3) is 4.15. The van der Waals surface area contributed by atoms with Crippen LogP contribution in [-0.2, 0) is 23.1 Å². The first-order valence-electron chi connectivity index (χ1n) is 10.1. The lowest BCUT2D eigenvalue weighted by atomic mass is 10.1. The molecule has 1 N–H and O–H groups in total. The van der Waals surface area contributed by atoms with Gasteiger partial charge in [0.2, 0.25) is 0 Å². The van der Waals surface area contributed by atoms with Crippen LogP contribution in [0.25, 0.3) is 11.2 Å². The molecule has 30 heavy (non-hydrogen) atoms. The van der Waals surface area contributed by atoms with Crippen LogP contribution in [0, 0.1) is 6.92 Å². The molecule has 0 bridgehead atoms. The highest BCUT2D eigenvalue weighted by molar-refractivity contribution is 5.99. The quantitative estimate of drug-likeness (QED) is 0.499. The molecule has 0 spiro atoms. The predicted octanol–water partition coefficient (Wildman–Crippen LogP) is 3.10. The molecule has 1 aliphatic rings. The maximum absolute atomic E-state index is 5.53. The number of nitrogens with zero attached hydrogens (tertiary/aromatic N) is 5. The fourth-order valence-corrected chi connectivity index (χ4v) is 3.62. The van der Waals surface area contributed by atoms with Crippen LogP contribution in [0.1, 0.15) is 23.9 Å². The SMILES string of the molecule is COCc1nc2c(N3CCOCC3)cc(N/N=C(\C)c3cccc(C)c3)nc2n1C. The molecule has 8 nitrogen and oxygen atoms in total. The van der Waals surface area contributed by atoms with Gasteiger partial charge in [0.25, 0.3) is 0 Å². The number of fused-ring (bicyclic) bond motifs is 1. The van der Waals surface area contributed by atoms with E-state index >= 15 is 0 Å². The first kappa shape index (κ1) is 20.3. The zero-order chi connectivity index (χ0) is 21.1. The molecule has 0 aliphatic carbocycles. The van der Waals surface area contributed by atoms with Crippen molar-refractivity contribution in [2.75, 3.05) is 43.7 Å². The van der Waals surface area contributed by atoms with Gasteiger partial charge in [0, 0.05) is 33.3 Å². The highest BCUT2D eigenvalue weighted by atomic mass is 16.5. The third-order valence-electron chi connectivity index (χ3n) is 5.30. The van der Waals surface area contributed by atoms with Crippen LogP contribution in [0.5, 0.6) is 0 Å². The Morgan fingerprint density at radius 1 is 1.23 bits per heavy atom. The summed E-state index contributed by atoms with van der Waals surface area (Å²) in [4.78, 5) is 11.9. The molecule has 0 radical (unpaired) electrons. The van der Waals surface area contributed by atoms with Gasteiger partial charge in [-0.25, -0.2) is 9.97 Å². The van der Waals surface area contributed by atoms with E-state index in [2.05, 4.69) is 40.5 Å². The molecule has 4 rings (SSSR count). The van der Waals surface area contributed by atoms with Gasteiger partial charge < -0.3 is 18.9 Å². The van der Waals surface area contributed by atoms with E-state index in [1.165, 1.54) is 5.56 Å². The van der Waals surface area contributed by atoms with Crippen LogP contribution >= 0.6 is 0 Å². The van der Waals surface area contributed by atoms with Crippen LogP contribution < -0.4 is 10.3 Å². The molecule has 1 aromatic carbocycles. The standard InChI is InChI=1S/C22H28N6O2/c1-15-6-5-7-17(12-15)16(2)25-26-19-13-18(28-8-10-30-11-9-28)21-22(23-19)27(3)20(24-21)14-29-4/h5-7,12-13H,8-11,14H2,1-4H3,(H,23,26)/b25-16+. The molecule has 2 aromatic heterocycles. The van der Waals surface area contributed by atoms with Crippen LogP contribution in [0.3, 0.4) is 0 Å². The number of aryl methyl sites for hydroxylation is 2. The normalized spacial score (nSPS) is 15.1. The second-order valence-corrected chi connectivity index (χ2v) is 7.50. The molecule has 0 amide bonds. The fraction of sp³-hybridized carbons (Fsp3) is 0.409. The Balaban J connectivity index is 1.72. The van der Waals surface area contributed by atoms with Crippen molar-refractivity contribution in [3.05, 3.63) is 47.3 Å². The van der Waals surface area contributed by atoms with Crippen molar-refractivity contribution in [1.29, 1.82) is 0 Å². The van der Waals surface area contributed by atoms with Gasteiger partial charge in [0.05, 0.1) is 24.6 Å². The summed E-state index contributed by atoms with van der Waals surface area (Å²) in [5.74, 6) is 1.52. The number of methoxy groups -OCH3 is 1. The molecule has 1 fully saturated rings. The molecule has 3 heterocycles. The first-order chi connectivity index (χ1) is 14.6. The molecule has 158 valence electrons. The number of hydrogen-bond donors (Lipinski definition) is 1. The summed E-state index contributed by atoms with van der Waals surface area (Å²) in [6, 6.07) is 10.3. The van der Waals surface area contributed by atoms with Crippen LogP contribution in [0.2, 0.25) is 0 Å². The lowest BCUT2D eigenvalue weighted by molar-refractivity contribution is 0.123. The maximum atomic E-state index is 5.53. The largest absolute Gasteiger partial charge is 0.378 e. The maximum Gasteiger partial charge on any atom is 0.164 e. The minimum atomic E-state index is 0.433. The Bertz CT molecular complexity index is 1070. The number of hydrogen-bond acceptors (Lipinski definition) is 7. The number of benzene rings is 1. The highest BCUT2D eigenvalue weighted by Crippen LogP contribution is 2.29. The van der Waals surface area contributed by atoms with E-state index in [4.69, 9.17) is 19.4 Å². The van der Waals surface area contributed by atoms with Crippen molar-refractivity contribution >= 4 is 28.4 Å². The minimum Gasteiger partial charge on any atom is -0.378 e. The monoisotopic (exact) mass is 408 g/mol. The Kier molecular flexibility index (Phi) is 5.96. The second-order valence-electron chi connectivity index (χ2n) is 7.50. The Morgan fingerprint density at radius 3 is 2.77 bits per heavy atom. The van der Waals surface area contributed by atoms with E-state index in [-0.39, 0.29) is 0 Å². The second kappa shape index (κ2) is 8.81. The lowest BCUT2D eigenvalue weighted by Crippen LogP contribution is -2.36. The van der Waals surface area contributed by atoms with Crippen molar-refractivity contribution in [2.45, 2.75) is 20.5 Å². The Hall–Kier alpha value is -2.97. The van der Waals surface area contributed by atoms with E-state index in [0.717, 1.165) is 47.0 Å². The molecular weight excluding hydrogens is 380 g/mol.